The number of rotatable bonds is 3. The van der Waals surface area contributed by atoms with Crippen molar-refractivity contribution in [2.24, 2.45) is 0 Å². The summed E-state index contributed by atoms with van der Waals surface area (Å²) in [6, 6.07) is 18.5. The maximum Gasteiger partial charge on any atom is 0.272 e. The number of para-hydroxylation sites is 1. The molecule has 2 heterocycles. The van der Waals surface area contributed by atoms with E-state index < -0.39 is 0 Å². The van der Waals surface area contributed by atoms with Crippen molar-refractivity contribution in [3.8, 4) is 5.75 Å². The van der Waals surface area contributed by atoms with Crippen LogP contribution < -0.4 is 4.74 Å². The van der Waals surface area contributed by atoms with Crippen molar-refractivity contribution >= 4 is 22.7 Å². The van der Waals surface area contributed by atoms with Gasteiger partial charge in [0.15, 0.2) is 0 Å². The molecule has 28 heavy (non-hydrogen) atoms. The van der Waals surface area contributed by atoms with Crippen LogP contribution in [0.25, 0.3) is 10.9 Å². The average Bonchev–Trinajstić information content (AvgIpc) is 2.78. The van der Waals surface area contributed by atoms with Gasteiger partial charge in [0.05, 0.1) is 12.6 Å². The topological polar surface area (TPSA) is 62.7 Å². The zero-order valence-corrected chi connectivity index (χ0v) is 15.7. The lowest BCUT2D eigenvalue weighted by molar-refractivity contribution is 0.0532. The van der Waals surface area contributed by atoms with Crippen LogP contribution in [0.15, 0.2) is 60.7 Å². The molecule has 0 spiro atoms. The van der Waals surface area contributed by atoms with E-state index in [-0.39, 0.29) is 11.8 Å². The fraction of sp³-hybridized carbons (Fsp3) is 0.227. The molecule has 1 fully saturated rings. The predicted molar refractivity (Wildman–Crippen MR) is 107 cm³/mol. The van der Waals surface area contributed by atoms with Gasteiger partial charge in [-0.1, -0.05) is 30.3 Å². The standard InChI is InChI=1S/C22H21N3O3/c1-28-18-7-4-6-17(15-18)21(26)24-11-13-25(14-12-24)22(27)20-10-9-16-5-2-3-8-19(16)23-20/h2-10,15H,11-14H2,1H3. The molecular formula is C22H21N3O3. The van der Waals surface area contributed by atoms with Gasteiger partial charge >= 0.3 is 0 Å². The number of nitrogens with zero attached hydrogens (tertiary/aromatic N) is 3. The van der Waals surface area contributed by atoms with Crippen molar-refractivity contribution in [2.75, 3.05) is 33.3 Å². The van der Waals surface area contributed by atoms with Gasteiger partial charge in [-0.3, -0.25) is 9.59 Å². The highest BCUT2D eigenvalue weighted by Crippen LogP contribution is 2.17. The van der Waals surface area contributed by atoms with Gasteiger partial charge < -0.3 is 14.5 Å². The Labute approximate surface area is 163 Å². The van der Waals surface area contributed by atoms with Crippen molar-refractivity contribution in [3.63, 3.8) is 0 Å². The van der Waals surface area contributed by atoms with Gasteiger partial charge in [0.1, 0.15) is 11.4 Å². The Bertz CT molecular complexity index is 1030. The second-order valence-electron chi connectivity index (χ2n) is 6.71. The predicted octanol–water partition coefficient (Wildman–Crippen LogP) is 2.84. The number of aromatic nitrogens is 1. The van der Waals surface area contributed by atoms with E-state index in [9.17, 15) is 9.59 Å². The monoisotopic (exact) mass is 375 g/mol. The van der Waals surface area contributed by atoms with E-state index in [1.165, 1.54) is 0 Å². The van der Waals surface area contributed by atoms with E-state index >= 15 is 0 Å². The van der Waals surface area contributed by atoms with Crippen LogP contribution in [-0.2, 0) is 0 Å². The third-order valence-electron chi connectivity index (χ3n) is 4.99. The van der Waals surface area contributed by atoms with Crippen molar-refractivity contribution in [3.05, 3.63) is 71.9 Å². The third-order valence-corrected chi connectivity index (χ3v) is 4.99. The Morgan fingerprint density at radius 2 is 1.57 bits per heavy atom. The van der Waals surface area contributed by atoms with Crippen LogP contribution in [0, 0.1) is 0 Å². The number of piperazine rings is 1. The molecule has 1 saturated heterocycles. The SMILES string of the molecule is COc1cccc(C(=O)N2CCN(C(=O)c3ccc4ccccc4n3)CC2)c1. The summed E-state index contributed by atoms with van der Waals surface area (Å²) >= 11 is 0. The number of methoxy groups -OCH3 is 1. The zero-order chi connectivity index (χ0) is 19.5. The van der Waals surface area contributed by atoms with E-state index in [0.29, 0.717) is 43.2 Å². The lowest BCUT2D eigenvalue weighted by Crippen LogP contribution is -2.50. The number of fused-ring (bicyclic) bond motifs is 1. The molecular weight excluding hydrogens is 354 g/mol. The lowest BCUT2D eigenvalue weighted by atomic mass is 10.1. The number of pyridine rings is 1. The maximum atomic E-state index is 12.8. The number of hydrogen-bond donors (Lipinski definition) is 0. The molecule has 1 aliphatic rings. The van der Waals surface area contributed by atoms with Gasteiger partial charge in [-0.2, -0.15) is 0 Å². The molecule has 0 bridgehead atoms. The number of carbonyl (C=O) groups excluding carboxylic acids is 2. The van der Waals surface area contributed by atoms with Crippen LogP contribution in [0.3, 0.4) is 0 Å². The van der Waals surface area contributed by atoms with Crippen LogP contribution in [0.5, 0.6) is 5.75 Å². The molecule has 3 aromatic rings. The summed E-state index contributed by atoms with van der Waals surface area (Å²) in [6.07, 6.45) is 0. The van der Waals surface area contributed by atoms with E-state index in [2.05, 4.69) is 4.98 Å². The molecule has 2 aromatic carbocycles. The first-order valence-electron chi connectivity index (χ1n) is 9.24. The summed E-state index contributed by atoms with van der Waals surface area (Å²) in [5.41, 5.74) is 1.83. The maximum absolute atomic E-state index is 12.8. The molecule has 0 N–H and O–H groups in total. The van der Waals surface area contributed by atoms with Crippen LogP contribution in [0.1, 0.15) is 20.8 Å². The Kier molecular flexibility index (Phi) is 4.93. The molecule has 0 aliphatic carbocycles. The highest BCUT2D eigenvalue weighted by molar-refractivity contribution is 5.96. The van der Waals surface area contributed by atoms with Crippen molar-refractivity contribution < 1.29 is 14.3 Å². The first kappa shape index (κ1) is 18.0. The fourth-order valence-corrected chi connectivity index (χ4v) is 3.40. The van der Waals surface area contributed by atoms with Crippen molar-refractivity contribution in [2.45, 2.75) is 0 Å². The van der Waals surface area contributed by atoms with Crippen molar-refractivity contribution in [1.29, 1.82) is 0 Å². The van der Waals surface area contributed by atoms with Crippen LogP contribution in [-0.4, -0.2) is 59.9 Å². The third kappa shape index (κ3) is 3.53. The van der Waals surface area contributed by atoms with E-state index in [0.717, 1.165) is 10.9 Å². The van der Waals surface area contributed by atoms with E-state index in [4.69, 9.17) is 4.74 Å². The summed E-state index contributed by atoms with van der Waals surface area (Å²) in [5, 5.41) is 1.01. The molecule has 0 atom stereocenters. The normalized spacial score (nSPS) is 14.2. The molecule has 0 unspecified atom stereocenters. The summed E-state index contributed by atoms with van der Waals surface area (Å²) < 4.78 is 5.19. The second-order valence-corrected chi connectivity index (χ2v) is 6.71. The van der Waals surface area contributed by atoms with Gasteiger partial charge in [-0.05, 0) is 30.3 Å². The van der Waals surface area contributed by atoms with Gasteiger partial charge in [-0.15, -0.1) is 0 Å². The number of benzene rings is 2. The van der Waals surface area contributed by atoms with Crippen molar-refractivity contribution in [1.82, 2.24) is 14.8 Å². The molecule has 0 radical (unpaired) electrons. The zero-order valence-electron chi connectivity index (χ0n) is 15.7. The molecule has 6 nitrogen and oxygen atoms in total. The largest absolute Gasteiger partial charge is 0.497 e. The first-order valence-corrected chi connectivity index (χ1v) is 9.24. The minimum absolute atomic E-state index is 0.0465. The van der Waals surface area contributed by atoms with Crippen LogP contribution in [0.2, 0.25) is 0 Å². The highest BCUT2D eigenvalue weighted by atomic mass is 16.5. The van der Waals surface area contributed by atoms with E-state index in [1.54, 1.807) is 41.2 Å². The average molecular weight is 375 g/mol. The van der Waals surface area contributed by atoms with Gasteiger partial charge in [-0.25, -0.2) is 4.98 Å². The van der Waals surface area contributed by atoms with E-state index in [1.807, 2.05) is 36.4 Å². The van der Waals surface area contributed by atoms with Crippen LogP contribution in [0.4, 0.5) is 0 Å². The Morgan fingerprint density at radius 3 is 2.32 bits per heavy atom. The smallest absolute Gasteiger partial charge is 0.272 e. The Morgan fingerprint density at radius 1 is 0.857 bits per heavy atom. The summed E-state index contributed by atoms with van der Waals surface area (Å²) in [4.78, 5) is 33.5. The highest BCUT2D eigenvalue weighted by Gasteiger charge is 2.26. The number of ether oxygens (including phenoxy) is 1. The summed E-state index contributed by atoms with van der Waals surface area (Å²) in [6.45, 7) is 1.97. The number of amides is 2. The summed E-state index contributed by atoms with van der Waals surface area (Å²) in [5.74, 6) is 0.510. The fourth-order valence-electron chi connectivity index (χ4n) is 3.40. The summed E-state index contributed by atoms with van der Waals surface area (Å²) in [7, 11) is 1.58. The molecule has 1 aromatic heterocycles. The molecule has 142 valence electrons. The molecule has 6 heteroatoms. The number of carbonyl (C=O) groups is 2. The number of hydrogen-bond acceptors (Lipinski definition) is 4. The van der Waals surface area contributed by atoms with Crippen LogP contribution >= 0.6 is 0 Å². The second kappa shape index (κ2) is 7.68. The quantitative estimate of drug-likeness (QED) is 0.706. The Hall–Kier alpha value is -3.41. The lowest BCUT2D eigenvalue weighted by Gasteiger charge is -2.34. The first-order chi connectivity index (χ1) is 13.7. The molecule has 1 aliphatic heterocycles. The Balaban J connectivity index is 1.42. The van der Waals surface area contributed by atoms with Gasteiger partial charge in [0.25, 0.3) is 11.8 Å². The molecule has 0 saturated carbocycles. The molecule has 2 amide bonds. The minimum Gasteiger partial charge on any atom is -0.497 e. The molecule has 4 rings (SSSR count). The van der Waals surface area contributed by atoms with Gasteiger partial charge in [0, 0.05) is 37.1 Å². The van der Waals surface area contributed by atoms with Gasteiger partial charge in [0.2, 0.25) is 0 Å². The minimum atomic E-state index is -0.0979.